The Labute approximate surface area is 737 Å². The summed E-state index contributed by atoms with van der Waals surface area (Å²) in [4.78, 5) is 66.8. The molecular formula is C84H68Br4F6N8O13S5. The lowest BCUT2D eigenvalue weighted by Gasteiger charge is -2.08. The van der Waals surface area contributed by atoms with Gasteiger partial charge in [0, 0.05) is 49.5 Å². The van der Waals surface area contributed by atoms with E-state index in [0.717, 1.165) is 116 Å². The average Bonchev–Trinajstić information content (AvgIpc) is 1.48. The quantitative estimate of drug-likeness (QED) is 0.0235. The first-order valence-electron chi connectivity index (χ1n) is 34.7. The number of halogens is 10. The molecule has 9 aromatic carbocycles. The predicted octanol–water partition coefficient (Wildman–Crippen LogP) is 21.7. The minimum absolute atomic E-state index is 0.0324. The molecule has 14 rings (SSSR count). The number of benzene rings is 9. The van der Waals surface area contributed by atoms with Crippen LogP contribution in [0, 0.1) is 41.8 Å². The number of primary amides is 3. The zero-order chi connectivity index (χ0) is 86.7. The fraction of sp³-hybridized carbons (Fsp3) is 0.131. The van der Waals surface area contributed by atoms with E-state index in [-0.39, 0.29) is 48.6 Å². The van der Waals surface area contributed by atoms with Gasteiger partial charge in [0.05, 0.1) is 87.3 Å². The van der Waals surface area contributed by atoms with Crippen molar-refractivity contribution in [3.63, 3.8) is 0 Å². The number of thiazole rings is 5. The summed E-state index contributed by atoms with van der Waals surface area (Å²) < 4.78 is 126. The lowest BCUT2D eigenvalue weighted by atomic mass is 10.1. The maximum absolute atomic E-state index is 14.2. The van der Waals surface area contributed by atoms with E-state index in [1.807, 2.05) is 115 Å². The fourth-order valence-electron chi connectivity index (χ4n) is 10.4. The van der Waals surface area contributed by atoms with Crippen molar-refractivity contribution in [2.45, 2.75) is 32.1 Å². The number of carbonyl (C=O) groups is 4. The first-order valence-corrected chi connectivity index (χ1v) is 42.8. The average molecular weight is 1990 g/mol. The Morgan fingerprint density at radius 3 is 1.09 bits per heavy atom. The first kappa shape index (κ1) is 92.8. The number of aryl methyl sites for hydroxylation is 1. The van der Waals surface area contributed by atoms with Crippen molar-refractivity contribution >= 4 is 144 Å². The Bertz CT molecular complexity index is 5900. The SMILES string of the molecule is COc1cccc(-c2csc(C)n2)c1.COc1cccc(-c2csc(COc3ccc(F)c(C(N)=O)c3F)n2)c1.COc1cccc(-c2nc(CBr)sc2Br)c1.COc1cccc(-c2nc(COc3ccc(F)c(C(N)=O)c3F)sc2Br)c1.COc1cccc(C(=O)CBr)c1.NC(=O)c1c(F)ccc(OCc2nc(-c3cccc(O)c3)cs2)c1F. The summed E-state index contributed by atoms with van der Waals surface area (Å²) in [6.45, 7) is 1.85. The molecule has 0 radical (unpaired) electrons. The lowest BCUT2D eigenvalue weighted by Crippen LogP contribution is -2.16. The summed E-state index contributed by atoms with van der Waals surface area (Å²) in [7, 11) is 8.07. The van der Waals surface area contributed by atoms with E-state index in [1.165, 1.54) is 34.0 Å². The summed E-state index contributed by atoms with van der Waals surface area (Å²) in [6.07, 6.45) is 0. The van der Waals surface area contributed by atoms with Crippen molar-refractivity contribution in [1.29, 1.82) is 0 Å². The second-order valence-electron chi connectivity index (χ2n) is 24.0. The number of aromatic nitrogens is 5. The number of amides is 3. The number of methoxy groups -OCH3 is 5. The zero-order valence-electron chi connectivity index (χ0n) is 63.7. The number of phenols is 1. The lowest BCUT2D eigenvalue weighted by molar-refractivity contribution is 0.0982. The molecule has 0 saturated carbocycles. The fourth-order valence-corrected chi connectivity index (χ4v) is 16.3. The van der Waals surface area contributed by atoms with Crippen LogP contribution in [0.15, 0.2) is 206 Å². The molecule has 21 nitrogen and oxygen atoms in total. The van der Waals surface area contributed by atoms with Crippen LogP contribution in [-0.2, 0) is 25.2 Å². The summed E-state index contributed by atoms with van der Waals surface area (Å²) in [6, 6.07) is 50.4. The highest BCUT2D eigenvalue weighted by molar-refractivity contribution is 9.11. The van der Waals surface area contributed by atoms with Gasteiger partial charge in [0.25, 0.3) is 17.7 Å². The molecule has 0 aliphatic heterocycles. The largest absolute Gasteiger partial charge is 0.508 e. The van der Waals surface area contributed by atoms with E-state index >= 15 is 0 Å². The molecule has 120 heavy (non-hydrogen) atoms. The third kappa shape index (κ3) is 25.7. The molecule has 0 unspecified atom stereocenters. The van der Waals surface area contributed by atoms with Crippen molar-refractivity contribution in [3.8, 4) is 108 Å². The van der Waals surface area contributed by atoms with E-state index in [0.29, 0.717) is 54.6 Å². The highest BCUT2D eigenvalue weighted by Gasteiger charge is 2.24. The Balaban J connectivity index is 0.000000168. The van der Waals surface area contributed by atoms with Gasteiger partial charge in [-0.25, -0.2) is 51.3 Å². The van der Waals surface area contributed by atoms with Gasteiger partial charge in [-0.15, -0.1) is 56.7 Å². The number of ketones is 1. The topological polar surface area (TPSA) is 305 Å². The molecule has 622 valence electrons. The molecule has 0 spiro atoms. The second-order valence-corrected chi connectivity index (χ2v) is 32.9. The Morgan fingerprint density at radius 1 is 0.400 bits per heavy atom. The maximum Gasteiger partial charge on any atom is 0.254 e. The number of Topliss-reactive ketones (excluding diaryl/α,β-unsaturated/α-hetero) is 1. The van der Waals surface area contributed by atoms with Gasteiger partial charge in [-0.05, 0) is 148 Å². The first-order chi connectivity index (χ1) is 57.7. The Morgan fingerprint density at radius 2 is 0.733 bits per heavy atom. The van der Waals surface area contributed by atoms with Gasteiger partial charge < -0.3 is 60.2 Å². The molecule has 36 heteroatoms. The smallest absolute Gasteiger partial charge is 0.254 e. The van der Waals surface area contributed by atoms with E-state index in [2.05, 4.69) is 94.0 Å². The molecule has 0 saturated heterocycles. The van der Waals surface area contributed by atoms with Crippen LogP contribution < -0.4 is 55.1 Å². The number of rotatable bonds is 25. The standard InChI is InChI=1S/C18H13BrF2N2O3S.C18H14F2N2O3S.C17H12F2N2O3S.C11H9Br2NOS.C11H11NOS.C9H9BrO2/c1-25-10-4-2-3-9(7-10)16-17(19)27-13(23-16)8-26-12-6-5-11(20)14(15(12)21)18(22)24;1-24-11-4-2-3-10(7-11)13-9-26-15(22-13)8-25-14-6-5-12(19)16(17(14)20)18(21)23;18-11-4-5-13(16(19)15(11)17(20)23)24-7-14-21-12(8-25-14)9-2-1-3-10(22)6-9;1-15-8-4-2-3-7(5-8)10-11(13)16-9(6-12)14-10;1-8-12-11(7-14-8)9-4-3-5-10(6-9)13-2;1-12-8-4-2-3-7(5-8)9(11)6-10/h2-7H,8H2,1H3,(H2,22,24);2-7,9H,8H2,1H3,(H2,21,23);1-6,8,22H,7H2,(H2,20,23);2-5H,6H2,1H3;3-7H,1-2H3;2-5H,6H2,1H3. The number of hydrogen-bond donors (Lipinski definition) is 4. The van der Waals surface area contributed by atoms with Gasteiger partial charge in [-0.3, -0.25) is 19.2 Å². The van der Waals surface area contributed by atoms with E-state index in [4.69, 9.17) is 55.1 Å². The van der Waals surface area contributed by atoms with Crippen LogP contribution in [0.2, 0.25) is 0 Å². The normalized spacial score (nSPS) is 10.4. The zero-order valence-corrected chi connectivity index (χ0v) is 74.1. The van der Waals surface area contributed by atoms with Gasteiger partial charge in [-0.1, -0.05) is 105 Å². The van der Waals surface area contributed by atoms with Gasteiger partial charge in [0.15, 0.2) is 40.5 Å². The van der Waals surface area contributed by atoms with Crippen molar-refractivity contribution in [2.24, 2.45) is 17.2 Å². The predicted molar refractivity (Wildman–Crippen MR) is 467 cm³/mol. The Hall–Kier alpha value is -11.1. The summed E-state index contributed by atoms with van der Waals surface area (Å²) in [5, 5.41) is 20.1. The third-order valence-electron chi connectivity index (χ3n) is 16.1. The van der Waals surface area contributed by atoms with Crippen LogP contribution in [0.1, 0.15) is 66.5 Å². The summed E-state index contributed by atoms with van der Waals surface area (Å²) in [5.74, 6) is -6.93. The number of alkyl halides is 2. The maximum atomic E-state index is 14.2. The van der Waals surface area contributed by atoms with E-state index in [9.17, 15) is 50.6 Å². The number of aromatic hydroxyl groups is 1. The van der Waals surface area contributed by atoms with Gasteiger partial charge in [0.2, 0.25) is 0 Å². The van der Waals surface area contributed by atoms with E-state index < -0.39 is 69.3 Å². The van der Waals surface area contributed by atoms with Gasteiger partial charge in [0.1, 0.15) is 108 Å². The molecule has 7 N–H and O–H groups in total. The third-order valence-corrected chi connectivity index (χ3v) is 23.3. The van der Waals surface area contributed by atoms with Gasteiger partial charge >= 0.3 is 0 Å². The van der Waals surface area contributed by atoms with Crippen LogP contribution in [0.4, 0.5) is 26.3 Å². The Kier molecular flexibility index (Phi) is 35.1. The minimum atomic E-state index is -1.21. The molecule has 0 aliphatic rings. The van der Waals surface area contributed by atoms with Crippen LogP contribution in [0.25, 0.3) is 56.3 Å². The number of nitrogens with zero attached hydrogens (tertiary/aromatic N) is 5. The molecule has 0 atom stereocenters. The summed E-state index contributed by atoms with van der Waals surface area (Å²) >= 11 is 20.7. The van der Waals surface area contributed by atoms with E-state index in [1.54, 1.807) is 106 Å². The molecule has 0 aliphatic carbocycles. The van der Waals surface area contributed by atoms with Crippen molar-refractivity contribution in [2.75, 3.05) is 40.9 Å². The highest BCUT2D eigenvalue weighted by Crippen LogP contribution is 2.39. The molecule has 5 aromatic heterocycles. The van der Waals surface area contributed by atoms with Crippen LogP contribution in [0.5, 0.6) is 51.7 Å². The van der Waals surface area contributed by atoms with Crippen molar-refractivity contribution < 1.29 is 88.5 Å². The molecule has 5 heterocycles. The molecule has 3 amide bonds. The van der Waals surface area contributed by atoms with Gasteiger partial charge in [-0.2, -0.15) is 0 Å². The van der Waals surface area contributed by atoms with Crippen LogP contribution >= 0.6 is 120 Å². The molecule has 14 aromatic rings. The van der Waals surface area contributed by atoms with Crippen molar-refractivity contribution in [3.05, 3.63) is 288 Å². The number of carbonyl (C=O) groups excluding carboxylic acids is 4. The van der Waals surface area contributed by atoms with Crippen molar-refractivity contribution in [1.82, 2.24) is 24.9 Å². The monoisotopic (exact) mass is 1990 g/mol. The van der Waals surface area contributed by atoms with Crippen LogP contribution in [-0.4, -0.2) is 94.4 Å². The number of nitrogens with two attached hydrogens (primary N) is 3. The highest BCUT2D eigenvalue weighted by atomic mass is 79.9. The number of phenolic OH excluding ortho intramolecular Hbond substituents is 1. The number of ether oxygens (including phenoxy) is 8. The molecular weight excluding hydrogens is 1920 g/mol. The molecule has 0 fully saturated rings. The second kappa shape index (κ2) is 45.4. The van der Waals surface area contributed by atoms with Crippen LogP contribution in [0.3, 0.4) is 0 Å². The number of hydrogen-bond acceptors (Lipinski definition) is 23. The summed E-state index contributed by atoms with van der Waals surface area (Å²) in [5.41, 5.74) is 21.8. The minimum Gasteiger partial charge on any atom is -0.508 e. The molecule has 0 bridgehead atoms.